The number of carboxylic acid groups (broad SMARTS) is 1. The van der Waals surface area contributed by atoms with E-state index in [0.717, 1.165) is 11.4 Å². The largest absolute Gasteiger partial charge is 0.481 e. The van der Waals surface area contributed by atoms with Crippen LogP contribution in [0.25, 0.3) is 0 Å². The van der Waals surface area contributed by atoms with Gasteiger partial charge in [-0.3, -0.25) is 9.59 Å². The van der Waals surface area contributed by atoms with E-state index >= 15 is 0 Å². The van der Waals surface area contributed by atoms with Crippen LogP contribution in [0.1, 0.15) is 6.92 Å². The van der Waals surface area contributed by atoms with Crippen molar-refractivity contribution < 1.29 is 14.7 Å². The number of nitrogens with zero attached hydrogens (tertiary/aromatic N) is 2. The average Bonchev–Trinajstić information content (AvgIpc) is 2.82. The molecule has 100 valence electrons. The quantitative estimate of drug-likeness (QED) is 0.849. The van der Waals surface area contributed by atoms with E-state index in [1.807, 2.05) is 0 Å². The first kappa shape index (κ1) is 14.0. The predicted molar refractivity (Wildman–Crippen MR) is 73.4 cm³/mol. The summed E-state index contributed by atoms with van der Waals surface area (Å²) in [5.41, 5.74) is 0.968. The van der Waals surface area contributed by atoms with Crippen LogP contribution in [-0.4, -0.2) is 17.0 Å². The first-order chi connectivity index (χ1) is 8.91. The Hall–Kier alpha value is -1.44. The van der Waals surface area contributed by atoms with Crippen molar-refractivity contribution in [2.75, 3.05) is 5.32 Å². The lowest BCUT2D eigenvalue weighted by atomic mass is 10.1. The van der Waals surface area contributed by atoms with Crippen LogP contribution in [0.15, 0.2) is 14.8 Å². The van der Waals surface area contributed by atoms with Crippen molar-refractivity contribution in [3.63, 3.8) is 0 Å². The number of carbonyl (C=O) groups is 2. The summed E-state index contributed by atoms with van der Waals surface area (Å²) < 4.78 is 7.98. The first-order valence-electron chi connectivity index (χ1n) is 5.05. The highest BCUT2D eigenvalue weighted by Crippen LogP contribution is 2.47. The molecule has 0 radical (unpaired) electrons. The molecule has 2 N–H and O–H groups in total. The second-order valence-corrected chi connectivity index (χ2v) is 5.07. The molecule has 9 heteroatoms. The molecule has 0 saturated carbocycles. The van der Waals surface area contributed by atoms with Crippen molar-refractivity contribution >= 4 is 63.5 Å². The molecule has 1 aliphatic heterocycles. The zero-order valence-electron chi connectivity index (χ0n) is 9.48. The van der Waals surface area contributed by atoms with Crippen molar-refractivity contribution in [3.8, 4) is 0 Å². The van der Waals surface area contributed by atoms with Crippen LogP contribution in [-0.2, 0) is 20.9 Å². The second-order valence-electron chi connectivity index (χ2n) is 3.73. The van der Waals surface area contributed by atoms with Crippen molar-refractivity contribution in [1.29, 1.82) is 0 Å². The number of carboxylic acids is 1. The van der Waals surface area contributed by atoms with Crippen LogP contribution in [0.5, 0.6) is 0 Å². The van der Waals surface area contributed by atoms with Gasteiger partial charge in [0.1, 0.15) is 17.3 Å². The van der Waals surface area contributed by atoms with E-state index in [0.29, 0.717) is 16.4 Å². The van der Waals surface area contributed by atoms with Gasteiger partial charge >= 0.3 is 5.97 Å². The minimum atomic E-state index is -1.23. The van der Waals surface area contributed by atoms with Crippen LogP contribution in [0.3, 0.4) is 0 Å². The van der Waals surface area contributed by atoms with Gasteiger partial charge in [0, 0.05) is 0 Å². The third kappa shape index (κ3) is 2.63. The number of hydrogen-bond donors (Lipinski definition) is 2. The molecule has 0 spiro atoms. The number of benzene rings is 1. The van der Waals surface area contributed by atoms with Crippen molar-refractivity contribution in [3.05, 3.63) is 16.1 Å². The molecule has 1 aliphatic rings. The number of nitrogens with one attached hydrogen (secondary N) is 1. The van der Waals surface area contributed by atoms with Crippen LogP contribution in [0.4, 0.5) is 17.1 Å². The Bertz CT molecular complexity index is 656. The first-order valence-corrected chi connectivity index (χ1v) is 6.54. The second kappa shape index (κ2) is 5.28. The average molecular weight is 320 g/mol. The molecule has 1 aromatic carbocycles. The number of halogens is 2. The van der Waals surface area contributed by atoms with Gasteiger partial charge in [-0.05, 0) is 13.0 Å². The number of amides is 1. The molecular formula is C10H7Cl2N3O3S. The molecule has 1 aromatic rings. The van der Waals surface area contributed by atoms with Gasteiger partial charge in [-0.15, -0.1) is 0 Å². The standard InChI is InChI=1S/C10H7Cl2N3O3S/c1-3(10(17)18)9(16)13-6-4(11)2-5(12)7-8(6)15-19-14-7/h2-3H,1H3,(H,13,16)(H,17,18). The number of rotatable bonds is 3. The number of fused-ring (bicyclic) bond motifs is 1. The Morgan fingerprint density at radius 2 is 1.95 bits per heavy atom. The molecule has 1 amide bonds. The van der Waals surface area contributed by atoms with Gasteiger partial charge in [0.05, 0.1) is 27.1 Å². The molecule has 0 aliphatic carbocycles. The molecule has 1 unspecified atom stereocenters. The van der Waals surface area contributed by atoms with Crippen LogP contribution in [0, 0.1) is 5.92 Å². The molecule has 6 nitrogen and oxygen atoms in total. The molecule has 0 saturated heterocycles. The van der Waals surface area contributed by atoms with Gasteiger partial charge in [-0.25, -0.2) is 0 Å². The molecule has 1 heterocycles. The molecule has 1 atom stereocenters. The van der Waals surface area contributed by atoms with Crippen LogP contribution in [0.2, 0.25) is 10.0 Å². The third-order valence-electron chi connectivity index (χ3n) is 2.46. The highest BCUT2D eigenvalue weighted by molar-refractivity contribution is 7.58. The fourth-order valence-corrected chi connectivity index (χ4v) is 2.50. The zero-order valence-corrected chi connectivity index (χ0v) is 11.8. The molecule has 2 rings (SSSR count). The fraction of sp³-hybridized carbons (Fsp3) is 0.200. The smallest absolute Gasteiger partial charge is 0.315 e. The van der Waals surface area contributed by atoms with E-state index < -0.39 is 17.8 Å². The summed E-state index contributed by atoms with van der Waals surface area (Å²) in [7, 11) is 0. The lowest BCUT2D eigenvalue weighted by molar-refractivity contribution is -0.144. The van der Waals surface area contributed by atoms with E-state index in [-0.39, 0.29) is 10.7 Å². The van der Waals surface area contributed by atoms with Gasteiger partial charge in [-0.2, -0.15) is 8.73 Å². The van der Waals surface area contributed by atoms with Crippen LogP contribution >= 0.6 is 23.2 Å². The molecule has 19 heavy (non-hydrogen) atoms. The molecular weight excluding hydrogens is 313 g/mol. The van der Waals surface area contributed by atoms with Gasteiger partial charge in [0.15, 0.2) is 0 Å². The summed E-state index contributed by atoms with van der Waals surface area (Å²) in [6, 6.07) is 1.42. The van der Waals surface area contributed by atoms with E-state index in [4.69, 9.17) is 28.3 Å². The molecule has 0 bridgehead atoms. The summed E-state index contributed by atoms with van der Waals surface area (Å²) in [5, 5.41) is 11.7. The predicted octanol–water partition coefficient (Wildman–Crippen LogP) is 3.38. The minimum Gasteiger partial charge on any atom is -0.481 e. The Balaban J connectivity index is 2.38. The zero-order chi connectivity index (χ0) is 14.2. The summed E-state index contributed by atoms with van der Waals surface area (Å²) >= 11 is 12.8. The van der Waals surface area contributed by atoms with Crippen LogP contribution < -0.4 is 5.32 Å². The molecule has 0 aromatic heterocycles. The topological polar surface area (TPSA) is 91.1 Å². The van der Waals surface area contributed by atoms with E-state index in [2.05, 4.69) is 14.0 Å². The van der Waals surface area contributed by atoms with Gasteiger partial charge in [-0.1, -0.05) is 23.2 Å². The highest BCUT2D eigenvalue weighted by Gasteiger charge is 2.25. The van der Waals surface area contributed by atoms with Crippen molar-refractivity contribution in [2.45, 2.75) is 6.92 Å². The van der Waals surface area contributed by atoms with E-state index in [1.165, 1.54) is 13.0 Å². The van der Waals surface area contributed by atoms with Crippen molar-refractivity contribution in [2.24, 2.45) is 14.6 Å². The maximum atomic E-state index is 11.7. The normalized spacial score (nSPS) is 13.6. The Labute approximate surface area is 121 Å². The lowest BCUT2D eigenvalue weighted by Gasteiger charge is -2.12. The number of anilines is 1. The number of hydrogen-bond acceptors (Lipinski definition) is 4. The number of carbonyl (C=O) groups excluding carboxylic acids is 1. The van der Waals surface area contributed by atoms with E-state index in [9.17, 15) is 9.59 Å². The van der Waals surface area contributed by atoms with Gasteiger partial charge in [0.2, 0.25) is 5.91 Å². The molecule has 0 fully saturated rings. The van der Waals surface area contributed by atoms with Gasteiger partial charge in [0.25, 0.3) is 0 Å². The summed E-state index contributed by atoms with van der Waals surface area (Å²) in [5.74, 6) is -3.12. The maximum absolute atomic E-state index is 11.7. The minimum absolute atomic E-state index is 0.177. The van der Waals surface area contributed by atoms with Crippen molar-refractivity contribution in [1.82, 2.24) is 0 Å². The monoisotopic (exact) mass is 319 g/mol. The highest BCUT2D eigenvalue weighted by atomic mass is 35.5. The fourth-order valence-electron chi connectivity index (χ4n) is 1.34. The Kier molecular flexibility index (Phi) is 3.88. The lowest BCUT2D eigenvalue weighted by Crippen LogP contribution is -2.27. The van der Waals surface area contributed by atoms with Gasteiger partial charge < -0.3 is 10.4 Å². The van der Waals surface area contributed by atoms with E-state index in [1.54, 1.807) is 0 Å². The maximum Gasteiger partial charge on any atom is 0.315 e. The third-order valence-corrected chi connectivity index (χ3v) is 3.57. The SMILES string of the molecule is CC(C(=O)O)C(=O)Nc1c(Cl)cc(Cl)c2c1N=S=N2. The Morgan fingerprint density at radius 1 is 1.32 bits per heavy atom. The summed E-state index contributed by atoms with van der Waals surface area (Å²) in [4.78, 5) is 22.5. The summed E-state index contributed by atoms with van der Waals surface area (Å²) in [6.45, 7) is 1.28. The number of aliphatic carboxylic acids is 1. The summed E-state index contributed by atoms with van der Waals surface area (Å²) in [6.07, 6.45) is 0. The Morgan fingerprint density at radius 3 is 2.58 bits per heavy atom.